The van der Waals surface area contributed by atoms with Crippen LogP contribution in [0.2, 0.25) is 0 Å². The van der Waals surface area contributed by atoms with Gasteiger partial charge in [-0.3, -0.25) is 0 Å². The molecule has 4 aromatic rings. The Morgan fingerprint density at radius 2 is 1.72 bits per heavy atom. The van der Waals surface area contributed by atoms with Crippen molar-refractivity contribution in [2.24, 2.45) is 0 Å². The van der Waals surface area contributed by atoms with Gasteiger partial charge < -0.3 is 4.98 Å². The summed E-state index contributed by atoms with van der Waals surface area (Å²) >= 11 is 0. The number of nitrogens with one attached hydrogen (secondary N) is 1. The van der Waals surface area contributed by atoms with E-state index < -0.39 is 23.0 Å². The molecule has 7 heteroatoms. The molecule has 2 aromatic heterocycles. The first-order chi connectivity index (χ1) is 12.1. The minimum absolute atomic E-state index is 0.113. The van der Waals surface area contributed by atoms with Crippen molar-refractivity contribution < 1.29 is 8.78 Å². The van der Waals surface area contributed by atoms with Crippen LogP contribution in [-0.2, 0) is 0 Å². The predicted molar refractivity (Wildman–Crippen MR) is 89.6 cm³/mol. The van der Waals surface area contributed by atoms with Gasteiger partial charge in [0, 0.05) is 5.56 Å². The van der Waals surface area contributed by atoms with Gasteiger partial charge in [-0.2, -0.15) is 0 Å². The molecule has 4 rings (SSSR count). The highest BCUT2D eigenvalue weighted by Crippen LogP contribution is 2.27. The smallest absolute Gasteiger partial charge is 0.302 e. The summed E-state index contributed by atoms with van der Waals surface area (Å²) in [6, 6.07) is 10.9. The monoisotopic (exact) mass is 338 g/mol. The van der Waals surface area contributed by atoms with Crippen LogP contribution in [0, 0.1) is 18.6 Å². The largest absolute Gasteiger partial charge is 0.332 e. The van der Waals surface area contributed by atoms with Crippen LogP contribution in [0.15, 0.2) is 53.6 Å². The SMILES string of the molecule is Cc1ccccc1-c1ncnc2c1[nH]c(=O)n2-c1c(F)cccc1F. The lowest BCUT2D eigenvalue weighted by atomic mass is 10.1. The number of aromatic amines is 1. The number of nitrogens with zero attached hydrogens (tertiary/aromatic N) is 3. The van der Waals surface area contributed by atoms with Gasteiger partial charge in [-0.25, -0.2) is 28.1 Å². The summed E-state index contributed by atoms with van der Waals surface area (Å²) in [6.45, 7) is 1.91. The lowest BCUT2D eigenvalue weighted by Gasteiger charge is -2.07. The molecule has 0 saturated heterocycles. The van der Waals surface area contributed by atoms with Crippen molar-refractivity contribution >= 4 is 11.2 Å². The first-order valence-corrected chi connectivity index (χ1v) is 7.54. The van der Waals surface area contributed by atoms with E-state index in [0.717, 1.165) is 27.8 Å². The lowest BCUT2D eigenvalue weighted by molar-refractivity contribution is 0.568. The van der Waals surface area contributed by atoms with Gasteiger partial charge in [0.05, 0.1) is 5.69 Å². The number of fused-ring (bicyclic) bond motifs is 1. The maximum Gasteiger partial charge on any atom is 0.332 e. The van der Waals surface area contributed by atoms with E-state index in [0.29, 0.717) is 11.2 Å². The molecule has 2 aromatic carbocycles. The molecule has 0 atom stereocenters. The third-order valence-electron chi connectivity index (χ3n) is 4.04. The van der Waals surface area contributed by atoms with Gasteiger partial charge >= 0.3 is 5.69 Å². The second-order valence-corrected chi connectivity index (χ2v) is 5.57. The third kappa shape index (κ3) is 2.32. The Labute approximate surface area is 140 Å². The fourth-order valence-electron chi connectivity index (χ4n) is 2.87. The normalized spacial score (nSPS) is 11.2. The number of imidazole rings is 1. The van der Waals surface area contributed by atoms with E-state index in [1.807, 2.05) is 31.2 Å². The highest BCUT2D eigenvalue weighted by molar-refractivity contribution is 5.88. The number of hydrogen-bond donors (Lipinski definition) is 1. The van der Waals surface area contributed by atoms with Crippen molar-refractivity contribution in [3.05, 3.63) is 76.5 Å². The van der Waals surface area contributed by atoms with E-state index in [9.17, 15) is 13.6 Å². The maximum absolute atomic E-state index is 14.2. The van der Waals surface area contributed by atoms with Gasteiger partial charge in [-0.1, -0.05) is 30.3 Å². The zero-order chi connectivity index (χ0) is 17.6. The summed E-state index contributed by atoms with van der Waals surface area (Å²) in [6.07, 6.45) is 1.27. The number of halogens is 2. The average molecular weight is 338 g/mol. The van der Waals surface area contributed by atoms with Crippen molar-refractivity contribution in [3.8, 4) is 16.9 Å². The van der Waals surface area contributed by atoms with Gasteiger partial charge in [-0.05, 0) is 24.6 Å². The second kappa shape index (κ2) is 5.62. The minimum Gasteiger partial charge on any atom is -0.302 e. The van der Waals surface area contributed by atoms with Crippen LogP contribution in [-0.4, -0.2) is 19.5 Å². The van der Waals surface area contributed by atoms with Crippen molar-refractivity contribution in [3.63, 3.8) is 0 Å². The number of benzene rings is 2. The molecule has 0 amide bonds. The Morgan fingerprint density at radius 3 is 2.44 bits per heavy atom. The van der Waals surface area contributed by atoms with Crippen molar-refractivity contribution in [1.82, 2.24) is 19.5 Å². The van der Waals surface area contributed by atoms with Gasteiger partial charge in [0.2, 0.25) is 0 Å². The first kappa shape index (κ1) is 15.2. The van der Waals surface area contributed by atoms with Crippen LogP contribution < -0.4 is 5.69 Å². The van der Waals surface area contributed by atoms with Crippen LogP contribution >= 0.6 is 0 Å². The molecule has 25 heavy (non-hydrogen) atoms. The molecule has 2 heterocycles. The summed E-state index contributed by atoms with van der Waals surface area (Å²) in [5.74, 6) is -1.70. The van der Waals surface area contributed by atoms with E-state index >= 15 is 0 Å². The first-order valence-electron chi connectivity index (χ1n) is 7.54. The van der Waals surface area contributed by atoms with Crippen LogP contribution in [0.25, 0.3) is 28.1 Å². The minimum atomic E-state index is -0.848. The van der Waals surface area contributed by atoms with Gasteiger partial charge in [0.15, 0.2) is 5.65 Å². The molecule has 124 valence electrons. The maximum atomic E-state index is 14.2. The Hall–Kier alpha value is -3.35. The summed E-state index contributed by atoms with van der Waals surface area (Å²) in [5.41, 5.74) is 1.54. The molecule has 0 unspecified atom stereocenters. The summed E-state index contributed by atoms with van der Waals surface area (Å²) < 4.78 is 29.2. The molecule has 0 saturated carbocycles. The van der Waals surface area contributed by atoms with Gasteiger partial charge in [-0.15, -0.1) is 0 Å². The Kier molecular flexibility index (Phi) is 3.42. The zero-order valence-electron chi connectivity index (χ0n) is 13.1. The Balaban J connectivity index is 2.08. The summed E-state index contributed by atoms with van der Waals surface area (Å²) in [4.78, 5) is 23.4. The number of aryl methyl sites for hydroxylation is 1. The predicted octanol–water partition coefficient (Wildman–Crippen LogP) is 3.36. The second-order valence-electron chi connectivity index (χ2n) is 5.57. The number of hydrogen-bond acceptors (Lipinski definition) is 3. The Morgan fingerprint density at radius 1 is 1.00 bits per heavy atom. The van der Waals surface area contributed by atoms with Crippen LogP contribution in [0.5, 0.6) is 0 Å². The van der Waals surface area contributed by atoms with E-state index in [4.69, 9.17) is 0 Å². The van der Waals surface area contributed by atoms with Crippen LogP contribution in [0.4, 0.5) is 8.78 Å². The molecular weight excluding hydrogens is 326 g/mol. The van der Waals surface area contributed by atoms with Crippen LogP contribution in [0.1, 0.15) is 5.56 Å². The van der Waals surface area contributed by atoms with Crippen molar-refractivity contribution in [2.75, 3.05) is 0 Å². The van der Waals surface area contributed by atoms with Gasteiger partial charge in [0.1, 0.15) is 29.2 Å². The highest BCUT2D eigenvalue weighted by Gasteiger charge is 2.20. The number of aromatic nitrogens is 4. The molecule has 0 radical (unpaired) electrons. The summed E-state index contributed by atoms with van der Waals surface area (Å²) in [5, 5.41) is 0. The highest BCUT2D eigenvalue weighted by atomic mass is 19.1. The number of H-pyrrole nitrogens is 1. The molecular formula is C18H12F2N4O. The average Bonchev–Trinajstić information content (AvgIpc) is 2.92. The fourth-order valence-corrected chi connectivity index (χ4v) is 2.87. The molecule has 0 aliphatic rings. The van der Waals surface area contributed by atoms with E-state index in [1.54, 1.807) is 0 Å². The quantitative estimate of drug-likeness (QED) is 0.609. The molecule has 0 fully saturated rings. The molecule has 0 bridgehead atoms. The molecule has 5 nitrogen and oxygen atoms in total. The topological polar surface area (TPSA) is 63.6 Å². The van der Waals surface area contributed by atoms with E-state index in [1.165, 1.54) is 12.4 Å². The fraction of sp³-hybridized carbons (Fsp3) is 0.0556. The van der Waals surface area contributed by atoms with E-state index in [2.05, 4.69) is 15.0 Å². The molecule has 0 spiro atoms. The molecule has 0 aliphatic carbocycles. The Bertz CT molecular complexity index is 1140. The molecule has 0 aliphatic heterocycles. The third-order valence-corrected chi connectivity index (χ3v) is 4.04. The molecule has 1 N–H and O–H groups in total. The van der Waals surface area contributed by atoms with Crippen molar-refractivity contribution in [1.29, 1.82) is 0 Å². The van der Waals surface area contributed by atoms with Crippen LogP contribution in [0.3, 0.4) is 0 Å². The standard InChI is InChI=1S/C18H12F2N4O/c1-10-5-2-3-6-11(10)14-15-17(22-9-21-14)24(18(25)23-15)16-12(19)7-4-8-13(16)20/h2-9H,1H3,(H,23,25). The van der Waals surface area contributed by atoms with E-state index in [-0.39, 0.29) is 5.65 Å². The number of rotatable bonds is 2. The lowest BCUT2D eigenvalue weighted by Crippen LogP contribution is -2.17. The number of para-hydroxylation sites is 1. The van der Waals surface area contributed by atoms with Crippen molar-refractivity contribution in [2.45, 2.75) is 6.92 Å². The summed E-state index contributed by atoms with van der Waals surface area (Å²) in [7, 11) is 0. The van der Waals surface area contributed by atoms with Gasteiger partial charge in [0.25, 0.3) is 0 Å². The zero-order valence-corrected chi connectivity index (χ0v) is 13.1.